The van der Waals surface area contributed by atoms with Gasteiger partial charge in [0.25, 0.3) is 0 Å². The SMILES string of the molecule is CCc1nsc(SCc2c(Br)c(C)nn2C)n1. The minimum atomic E-state index is 0.857. The maximum atomic E-state index is 4.44. The van der Waals surface area contributed by atoms with E-state index in [1.54, 1.807) is 11.8 Å². The molecule has 0 aromatic carbocycles. The van der Waals surface area contributed by atoms with Crippen molar-refractivity contribution in [2.45, 2.75) is 30.4 Å². The normalized spacial score (nSPS) is 11.1. The van der Waals surface area contributed by atoms with Crippen molar-refractivity contribution in [2.75, 3.05) is 0 Å². The molecule has 0 bridgehead atoms. The highest BCUT2D eigenvalue weighted by molar-refractivity contribution is 9.10. The van der Waals surface area contributed by atoms with Crippen LogP contribution in [0.3, 0.4) is 0 Å². The summed E-state index contributed by atoms with van der Waals surface area (Å²) in [7, 11) is 1.96. The van der Waals surface area contributed by atoms with Gasteiger partial charge in [0.1, 0.15) is 5.82 Å². The van der Waals surface area contributed by atoms with E-state index in [0.29, 0.717) is 0 Å². The van der Waals surface area contributed by atoms with Gasteiger partial charge in [0.15, 0.2) is 4.34 Å². The molecule has 92 valence electrons. The van der Waals surface area contributed by atoms with Gasteiger partial charge in [0.2, 0.25) is 0 Å². The second-order valence-corrected chi connectivity index (χ2v) is 6.36. The number of hydrogen-bond donors (Lipinski definition) is 0. The zero-order valence-corrected chi connectivity index (χ0v) is 13.1. The van der Waals surface area contributed by atoms with Crippen LogP contribution < -0.4 is 0 Å². The lowest BCUT2D eigenvalue weighted by Crippen LogP contribution is -1.96. The van der Waals surface area contributed by atoms with Crippen molar-refractivity contribution in [1.82, 2.24) is 19.1 Å². The molecule has 0 aliphatic heterocycles. The van der Waals surface area contributed by atoms with E-state index in [1.165, 1.54) is 17.2 Å². The van der Waals surface area contributed by atoms with E-state index in [1.807, 2.05) is 18.7 Å². The van der Waals surface area contributed by atoms with Crippen LogP contribution in [-0.4, -0.2) is 19.1 Å². The first kappa shape index (κ1) is 13.0. The van der Waals surface area contributed by atoms with Crippen LogP contribution in [0.1, 0.15) is 24.1 Å². The van der Waals surface area contributed by atoms with Gasteiger partial charge in [-0.15, -0.1) is 0 Å². The van der Waals surface area contributed by atoms with E-state index in [-0.39, 0.29) is 0 Å². The van der Waals surface area contributed by atoms with Gasteiger partial charge in [-0.1, -0.05) is 18.7 Å². The Morgan fingerprint density at radius 1 is 1.47 bits per heavy atom. The van der Waals surface area contributed by atoms with Crippen LogP contribution >= 0.6 is 39.2 Å². The molecule has 0 fully saturated rings. The van der Waals surface area contributed by atoms with Gasteiger partial charge >= 0.3 is 0 Å². The molecule has 0 aliphatic rings. The average Bonchev–Trinajstić information content (AvgIpc) is 2.84. The van der Waals surface area contributed by atoms with Gasteiger partial charge in [-0.3, -0.25) is 4.68 Å². The van der Waals surface area contributed by atoms with Crippen LogP contribution in [0, 0.1) is 6.92 Å². The Morgan fingerprint density at radius 3 is 2.76 bits per heavy atom. The summed E-state index contributed by atoms with van der Waals surface area (Å²) >= 11 is 6.74. The topological polar surface area (TPSA) is 43.6 Å². The zero-order chi connectivity index (χ0) is 12.4. The molecule has 0 N–H and O–H groups in total. The first-order chi connectivity index (χ1) is 8.11. The predicted molar refractivity (Wildman–Crippen MR) is 74.5 cm³/mol. The molecule has 0 amide bonds. The van der Waals surface area contributed by atoms with Crippen molar-refractivity contribution in [1.29, 1.82) is 0 Å². The third-order valence-corrected chi connectivity index (χ3v) is 5.27. The maximum absolute atomic E-state index is 4.44. The quantitative estimate of drug-likeness (QED) is 0.806. The Morgan fingerprint density at radius 2 is 2.24 bits per heavy atom. The lowest BCUT2D eigenvalue weighted by atomic mass is 10.4. The number of halogens is 1. The van der Waals surface area contributed by atoms with Crippen molar-refractivity contribution < 1.29 is 0 Å². The van der Waals surface area contributed by atoms with E-state index >= 15 is 0 Å². The van der Waals surface area contributed by atoms with Crippen molar-refractivity contribution in [3.63, 3.8) is 0 Å². The fourth-order valence-electron chi connectivity index (χ4n) is 1.41. The number of aryl methyl sites for hydroxylation is 3. The molecule has 2 aromatic rings. The first-order valence-electron chi connectivity index (χ1n) is 5.25. The van der Waals surface area contributed by atoms with E-state index < -0.39 is 0 Å². The molecule has 0 saturated carbocycles. The molecule has 7 heteroatoms. The molecule has 2 heterocycles. The number of rotatable bonds is 4. The Balaban J connectivity index is 2.07. The Labute approximate surface area is 117 Å². The summed E-state index contributed by atoms with van der Waals surface area (Å²) in [6.07, 6.45) is 0.894. The highest BCUT2D eigenvalue weighted by Crippen LogP contribution is 2.29. The molecule has 0 aliphatic carbocycles. The Bertz CT molecular complexity index is 520. The maximum Gasteiger partial charge on any atom is 0.170 e. The van der Waals surface area contributed by atoms with Crippen LogP contribution in [0.25, 0.3) is 0 Å². The molecular formula is C10H13BrN4S2. The van der Waals surface area contributed by atoms with E-state index in [0.717, 1.165) is 32.5 Å². The monoisotopic (exact) mass is 332 g/mol. The molecular weight excluding hydrogens is 320 g/mol. The van der Waals surface area contributed by atoms with Crippen LogP contribution in [0.15, 0.2) is 8.81 Å². The van der Waals surface area contributed by atoms with E-state index in [9.17, 15) is 0 Å². The highest BCUT2D eigenvalue weighted by atomic mass is 79.9. The minimum absolute atomic E-state index is 0.857. The predicted octanol–water partition coefficient (Wildman–Crippen LogP) is 3.20. The van der Waals surface area contributed by atoms with Crippen LogP contribution in [-0.2, 0) is 19.2 Å². The zero-order valence-electron chi connectivity index (χ0n) is 9.90. The lowest BCUT2D eigenvalue weighted by Gasteiger charge is -2.00. The van der Waals surface area contributed by atoms with Gasteiger partial charge < -0.3 is 0 Å². The summed E-state index contributed by atoms with van der Waals surface area (Å²) in [5.41, 5.74) is 2.20. The fraction of sp³-hybridized carbons (Fsp3) is 0.500. The van der Waals surface area contributed by atoms with Crippen molar-refractivity contribution in [3.8, 4) is 0 Å². The molecule has 0 saturated heterocycles. The summed E-state index contributed by atoms with van der Waals surface area (Å²) in [6, 6.07) is 0. The highest BCUT2D eigenvalue weighted by Gasteiger charge is 2.12. The summed E-state index contributed by atoms with van der Waals surface area (Å²) in [4.78, 5) is 4.44. The molecule has 2 aromatic heterocycles. The van der Waals surface area contributed by atoms with Crippen molar-refractivity contribution in [2.24, 2.45) is 7.05 Å². The third kappa shape index (κ3) is 2.89. The van der Waals surface area contributed by atoms with Gasteiger partial charge in [-0.2, -0.15) is 9.47 Å². The molecule has 0 unspecified atom stereocenters. The molecule has 0 spiro atoms. The summed E-state index contributed by atoms with van der Waals surface area (Å²) in [6.45, 7) is 4.07. The van der Waals surface area contributed by atoms with Gasteiger partial charge in [-0.05, 0) is 34.4 Å². The summed E-state index contributed by atoms with van der Waals surface area (Å²) < 4.78 is 8.29. The smallest absolute Gasteiger partial charge is 0.170 e. The van der Waals surface area contributed by atoms with Gasteiger partial charge in [-0.25, -0.2) is 4.98 Å². The van der Waals surface area contributed by atoms with Gasteiger partial charge in [0, 0.05) is 19.2 Å². The van der Waals surface area contributed by atoms with Gasteiger partial charge in [0.05, 0.1) is 15.9 Å². The molecule has 4 nitrogen and oxygen atoms in total. The van der Waals surface area contributed by atoms with Crippen LogP contribution in [0.5, 0.6) is 0 Å². The van der Waals surface area contributed by atoms with E-state index in [2.05, 4.69) is 37.3 Å². The largest absolute Gasteiger partial charge is 0.270 e. The molecule has 2 rings (SSSR count). The van der Waals surface area contributed by atoms with Crippen LogP contribution in [0.4, 0.5) is 0 Å². The molecule has 17 heavy (non-hydrogen) atoms. The van der Waals surface area contributed by atoms with Crippen molar-refractivity contribution in [3.05, 3.63) is 21.7 Å². The first-order valence-corrected chi connectivity index (χ1v) is 7.80. The number of hydrogen-bond acceptors (Lipinski definition) is 5. The minimum Gasteiger partial charge on any atom is -0.270 e. The Hall–Kier alpha value is -0.400. The average molecular weight is 333 g/mol. The third-order valence-electron chi connectivity index (χ3n) is 2.36. The second-order valence-electron chi connectivity index (χ2n) is 3.59. The Kier molecular flexibility index (Phi) is 4.22. The fourth-order valence-corrected chi connectivity index (χ4v) is 3.83. The number of aromatic nitrogens is 4. The number of nitrogens with zero attached hydrogens (tertiary/aromatic N) is 4. The molecule has 0 atom stereocenters. The van der Waals surface area contributed by atoms with Crippen LogP contribution in [0.2, 0.25) is 0 Å². The summed E-state index contributed by atoms with van der Waals surface area (Å²) in [5, 5.41) is 4.37. The van der Waals surface area contributed by atoms with E-state index in [4.69, 9.17) is 0 Å². The lowest BCUT2D eigenvalue weighted by molar-refractivity contribution is 0.727. The number of thioether (sulfide) groups is 1. The molecule has 0 radical (unpaired) electrons. The second kappa shape index (κ2) is 5.49. The van der Waals surface area contributed by atoms with Crippen molar-refractivity contribution >= 4 is 39.2 Å². The standard InChI is InChI=1S/C10H13BrN4S2/c1-4-8-12-10(17-14-8)16-5-7-9(11)6(2)13-15(7)3/h4-5H2,1-3H3. The summed E-state index contributed by atoms with van der Waals surface area (Å²) in [5.74, 6) is 1.79.